The molecule has 0 bridgehead atoms. The molecule has 2 aromatic carbocycles. The van der Waals surface area contributed by atoms with Gasteiger partial charge in [-0.15, -0.1) is 0 Å². The Labute approximate surface area is 155 Å². The Morgan fingerprint density at radius 3 is 2.62 bits per heavy atom. The molecule has 1 aliphatic rings. The summed E-state index contributed by atoms with van der Waals surface area (Å²) in [5.41, 5.74) is 6.94. The highest BCUT2D eigenvalue weighted by atomic mass is 16.5. The van der Waals surface area contributed by atoms with Gasteiger partial charge < -0.3 is 9.30 Å². The number of hydrogen-bond acceptors (Lipinski definition) is 1. The summed E-state index contributed by atoms with van der Waals surface area (Å²) in [5, 5.41) is 1.38. The Bertz CT molecular complexity index is 967. The third-order valence-electron chi connectivity index (χ3n) is 5.43. The lowest BCUT2D eigenvalue weighted by Gasteiger charge is -2.16. The summed E-state index contributed by atoms with van der Waals surface area (Å²) >= 11 is 0. The maximum atomic E-state index is 5.74. The molecular weight excluding hydrogens is 320 g/mol. The standard InChI is InChI=1S/C23H27N2O/c1-4-25-22-15-19(26-5-2)11-12-20(22)21-13-14-24(17(3)23(21)25)16-18-9-7-6-8-10-18/h6-12,15H,4-5,13-14,16H2,1-3H3/q+1. The molecule has 0 spiro atoms. The Hall–Kier alpha value is -2.55. The molecule has 4 rings (SSSR count). The molecule has 0 saturated carbocycles. The summed E-state index contributed by atoms with van der Waals surface area (Å²) in [5.74, 6) is 0.961. The monoisotopic (exact) mass is 347 g/mol. The van der Waals surface area contributed by atoms with Gasteiger partial charge in [-0.3, -0.25) is 0 Å². The molecule has 0 unspecified atom stereocenters. The number of nitrogens with zero attached hydrogens (tertiary/aromatic N) is 2. The first-order valence-corrected chi connectivity index (χ1v) is 9.63. The number of rotatable bonds is 5. The van der Waals surface area contributed by atoms with Crippen LogP contribution in [-0.4, -0.2) is 28.0 Å². The molecule has 3 nitrogen and oxygen atoms in total. The van der Waals surface area contributed by atoms with Crippen LogP contribution in [0.4, 0.5) is 0 Å². The van der Waals surface area contributed by atoms with Crippen molar-refractivity contribution in [3.8, 4) is 5.75 Å². The normalized spacial score (nSPS) is 14.0. The van der Waals surface area contributed by atoms with Crippen LogP contribution in [0.2, 0.25) is 0 Å². The number of ether oxygens (including phenoxy) is 1. The summed E-state index contributed by atoms with van der Waals surface area (Å²) in [6.45, 7) is 10.3. The predicted molar refractivity (Wildman–Crippen MR) is 108 cm³/mol. The van der Waals surface area contributed by atoms with Crippen LogP contribution in [0, 0.1) is 0 Å². The second kappa shape index (κ2) is 6.99. The van der Waals surface area contributed by atoms with E-state index < -0.39 is 0 Å². The average molecular weight is 347 g/mol. The van der Waals surface area contributed by atoms with E-state index >= 15 is 0 Å². The second-order valence-corrected chi connectivity index (χ2v) is 6.93. The highest BCUT2D eigenvalue weighted by Crippen LogP contribution is 2.32. The number of aryl methyl sites for hydroxylation is 1. The molecule has 26 heavy (non-hydrogen) atoms. The third kappa shape index (κ3) is 2.82. The maximum absolute atomic E-state index is 5.74. The number of fused-ring (bicyclic) bond motifs is 3. The third-order valence-corrected chi connectivity index (χ3v) is 5.43. The van der Waals surface area contributed by atoms with E-state index in [0.717, 1.165) is 31.8 Å². The van der Waals surface area contributed by atoms with Crippen molar-refractivity contribution >= 4 is 16.6 Å². The summed E-state index contributed by atoms with van der Waals surface area (Å²) in [7, 11) is 0. The highest BCUT2D eigenvalue weighted by Gasteiger charge is 2.29. The molecule has 3 heteroatoms. The lowest BCUT2D eigenvalue weighted by molar-refractivity contribution is -0.545. The molecule has 0 amide bonds. The van der Waals surface area contributed by atoms with Crippen molar-refractivity contribution in [3.05, 3.63) is 65.4 Å². The minimum Gasteiger partial charge on any atom is -0.494 e. The molecule has 134 valence electrons. The van der Waals surface area contributed by atoms with Gasteiger partial charge in [0.1, 0.15) is 18.0 Å². The lowest BCUT2D eigenvalue weighted by atomic mass is 10.0. The molecule has 0 aliphatic carbocycles. The quantitative estimate of drug-likeness (QED) is 0.615. The zero-order chi connectivity index (χ0) is 18.1. The van der Waals surface area contributed by atoms with Gasteiger partial charge >= 0.3 is 0 Å². The molecule has 2 heterocycles. The van der Waals surface area contributed by atoms with Crippen molar-refractivity contribution < 1.29 is 9.31 Å². The fourth-order valence-electron chi connectivity index (χ4n) is 4.22. The zero-order valence-corrected chi connectivity index (χ0v) is 16.0. The Kier molecular flexibility index (Phi) is 4.54. The smallest absolute Gasteiger partial charge is 0.197 e. The Morgan fingerprint density at radius 1 is 1.08 bits per heavy atom. The van der Waals surface area contributed by atoms with E-state index in [9.17, 15) is 0 Å². The average Bonchev–Trinajstić information content (AvgIpc) is 2.99. The minimum absolute atomic E-state index is 0.702. The highest BCUT2D eigenvalue weighted by molar-refractivity contribution is 6.03. The summed E-state index contributed by atoms with van der Waals surface area (Å²) in [4.78, 5) is 0. The van der Waals surface area contributed by atoms with Gasteiger partial charge in [-0.2, -0.15) is 0 Å². The first kappa shape index (κ1) is 16.9. The van der Waals surface area contributed by atoms with Gasteiger partial charge in [0.15, 0.2) is 12.3 Å². The molecule has 0 radical (unpaired) electrons. The molecule has 0 fully saturated rings. The number of aromatic nitrogens is 1. The number of benzene rings is 2. The summed E-state index contributed by atoms with van der Waals surface area (Å²) in [6, 6.07) is 17.3. The number of hydrogen-bond donors (Lipinski definition) is 0. The van der Waals surface area contributed by atoms with Gasteiger partial charge in [-0.25, -0.2) is 4.58 Å². The van der Waals surface area contributed by atoms with Crippen LogP contribution in [0.15, 0.2) is 48.5 Å². The van der Waals surface area contributed by atoms with E-state index in [2.05, 4.69) is 71.5 Å². The molecule has 1 aromatic heterocycles. The Balaban J connectivity index is 1.83. The summed E-state index contributed by atoms with van der Waals surface area (Å²) < 4.78 is 10.7. The molecule has 3 aromatic rings. The van der Waals surface area contributed by atoms with Crippen LogP contribution in [0.25, 0.3) is 10.9 Å². The maximum Gasteiger partial charge on any atom is 0.197 e. The van der Waals surface area contributed by atoms with Gasteiger partial charge in [0.05, 0.1) is 12.1 Å². The fraction of sp³-hybridized carbons (Fsp3) is 0.348. The molecular formula is C23H27N2O+. The lowest BCUT2D eigenvalue weighted by Crippen LogP contribution is -2.29. The molecule has 0 saturated heterocycles. The van der Waals surface area contributed by atoms with Gasteiger partial charge in [-0.05, 0) is 31.5 Å². The van der Waals surface area contributed by atoms with E-state index in [1.165, 1.54) is 33.4 Å². The van der Waals surface area contributed by atoms with E-state index in [-0.39, 0.29) is 0 Å². The van der Waals surface area contributed by atoms with Crippen molar-refractivity contribution in [1.29, 1.82) is 0 Å². The van der Waals surface area contributed by atoms with Crippen LogP contribution in [0.5, 0.6) is 5.75 Å². The van der Waals surface area contributed by atoms with Gasteiger partial charge in [0.2, 0.25) is 0 Å². The van der Waals surface area contributed by atoms with E-state index in [4.69, 9.17) is 4.74 Å². The van der Waals surface area contributed by atoms with Crippen LogP contribution in [-0.2, 0) is 19.5 Å². The van der Waals surface area contributed by atoms with E-state index in [1.807, 2.05) is 6.92 Å². The van der Waals surface area contributed by atoms with Crippen LogP contribution in [0.3, 0.4) is 0 Å². The SMILES string of the molecule is CCOc1ccc2c3c(n(CC)c2c1)C(C)=[N+](Cc1ccccc1)CC3. The van der Waals surface area contributed by atoms with Crippen LogP contribution >= 0.6 is 0 Å². The molecule has 0 N–H and O–H groups in total. The van der Waals surface area contributed by atoms with Crippen molar-refractivity contribution in [2.45, 2.75) is 40.3 Å². The Morgan fingerprint density at radius 2 is 1.88 bits per heavy atom. The molecule has 1 aliphatic heterocycles. The predicted octanol–water partition coefficient (Wildman–Crippen LogP) is 4.64. The first-order valence-electron chi connectivity index (χ1n) is 9.63. The first-order chi connectivity index (χ1) is 12.7. The summed E-state index contributed by atoms with van der Waals surface area (Å²) in [6.07, 6.45) is 1.09. The second-order valence-electron chi connectivity index (χ2n) is 6.93. The fourth-order valence-corrected chi connectivity index (χ4v) is 4.22. The van der Waals surface area contributed by atoms with Crippen LogP contribution < -0.4 is 4.74 Å². The van der Waals surface area contributed by atoms with Gasteiger partial charge in [-0.1, -0.05) is 30.3 Å². The van der Waals surface area contributed by atoms with Gasteiger partial charge in [0, 0.05) is 36.9 Å². The van der Waals surface area contributed by atoms with Crippen molar-refractivity contribution in [1.82, 2.24) is 4.57 Å². The van der Waals surface area contributed by atoms with Gasteiger partial charge in [0.25, 0.3) is 0 Å². The van der Waals surface area contributed by atoms with E-state index in [1.54, 1.807) is 0 Å². The van der Waals surface area contributed by atoms with Crippen LogP contribution in [0.1, 0.15) is 37.6 Å². The van der Waals surface area contributed by atoms with E-state index in [0.29, 0.717) is 6.61 Å². The zero-order valence-electron chi connectivity index (χ0n) is 16.0. The largest absolute Gasteiger partial charge is 0.494 e. The van der Waals surface area contributed by atoms with Crippen molar-refractivity contribution in [3.63, 3.8) is 0 Å². The van der Waals surface area contributed by atoms with Crippen molar-refractivity contribution in [2.75, 3.05) is 13.2 Å². The topological polar surface area (TPSA) is 17.2 Å². The van der Waals surface area contributed by atoms with Crippen molar-refractivity contribution in [2.24, 2.45) is 0 Å². The molecule has 0 atom stereocenters. The minimum atomic E-state index is 0.702.